The summed E-state index contributed by atoms with van der Waals surface area (Å²) in [6.45, 7) is 4.45. The van der Waals surface area contributed by atoms with Crippen LogP contribution < -0.4 is 5.32 Å². The van der Waals surface area contributed by atoms with E-state index in [1.165, 1.54) is 53.6 Å². The van der Waals surface area contributed by atoms with Crippen LogP contribution in [0, 0.1) is 13.8 Å². The molecule has 0 spiro atoms. The molecule has 1 heteroatoms. The number of para-hydroxylation sites is 1. The maximum absolute atomic E-state index is 3.70. The van der Waals surface area contributed by atoms with Crippen LogP contribution in [0.2, 0.25) is 0 Å². The molecule has 0 saturated heterocycles. The summed E-state index contributed by atoms with van der Waals surface area (Å²) >= 11 is 0. The van der Waals surface area contributed by atoms with Crippen LogP contribution in [0.3, 0.4) is 0 Å². The lowest BCUT2D eigenvalue weighted by atomic mass is 9.92. The molecule has 1 aliphatic heterocycles. The second-order valence-electron chi connectivity index (χ2n) is 5.93. The Labute approximate surface area is 122 Å². The molecule has 0 aromatic heterocycles. The number of anilines is 1. The minimum atomic E-state index is 0.616. The van der Waals surface area contributed by atoms with Gasteiger partial charge in [0.1, 0.15) is 0 Å². The lowest BCUT2D eigenvalue weighted by Crippen LogP contribution is -2.26. The van der Waals surface area contributed by atoms with Crippen LogP contribution in [-0.4, -0.2) is 6.04 Å². The van der Waals surface area contributed by atoms with Crippen molar-refractivity contribution in [1.82, 2.24) is 0 Å². The van der Waals surface area contributed by atoms with Gasteiger partial charge in [-0.1, -0.05) is 36.4 Å². The number of benzene rings is 2. The SMILES string of the molecule is Cc1cccc(CCC2CCc3ccccc3N2)c1C. The molecule has 104 valence electrons. The van der Waals surface area contributed by atoms with Crippen LogP contribution in [0.5, 0.6) is 0 Å². The van der Waals surface area contributed by atoms with Crippen LogP contribution in [0.25, 0.3) is 0 Å². The zero-order chi connectivity index (χ0) is 13.9. The van der Waals surface area contributed by atoms with E-state index in [4.69, 9.17) is 0 Å². The van der Waals surface area contributed by atoms with Crippen LogP contribution in [0.1, 0.15) is 35.1 Å². The van der Waals surface area contributed by atoms with E-state index < -0.39 is 0 Å². The summed E-state index contributed by atoms with van der Waals surface area (Å²) in [5, 5.41) is 3.70. The number of hydrogen-bond donors (Lipinski definition) is 1. The first-order chi connectivity index (χ1) is 9.74. The topological polar surface area (TPSA) is 12.0 Å². The summed E-state index contributed by atoms with van der Waals surface area (Å²) in [7, 11) is 0. The van der Waals surface area contributed by atoms with Crippen molar-refractivity contribution in [3.8, 4) is 0 Å². The van der Waals surface area contributed by atoms with E-state index in [0.29, 0.717) is 6.04 Å². The molecule has 1 nitrogen and oxygen atoms in total. The van der Waals surface area contributed by atoms with Gasteiger partial charge >= 0.3 is 0 Å². The Hall–Kier alpha value is -1.76. The predicted octanol–water partition coefficient (Wildman–Crippen LogP) is 4.66. The van der Waals surface area contributed by atoms with Crippen molar-refractivity contribution in [3.63, 3.8) is 0 Å². The molecule has 0 radical (unpaired) electrons. The fourth-order valence-corrected chi connectivity index (χ4v) is 3.13. The summed E-state index contributed by atoms with van der Waals surface area (Å²) in [5.74, 6) is 0. The van der Waals surface area contributed by atoms with Crippen molar-refractivity contribution in [2.75, 3.05) is 5.32 Å². The smallest absolute Gasteiger partial charge is 0.0374 e. The lowest BCUT2D eigenvalue weighted by Gasteiger charge is -2.27. The summed E-state index contributed by atoms with van der Waals surface area (Å²) in [6.07, 6.45) is 4.86. The van der Waals surface area contributed by atoms with Gasteiger partial charge in [-0.15, -0.1) is 0 Å². The molecule has 2 aromatic carbocycles. The van der Waals surface area contributed by atoms with E-state index in [0.717, 1.165) is 0 Å². The second-order valence-corrected chi connectivity index (χ2v) is 5.93. The van der Waals surface area contributed by atoms with Crippen molar-refractivity contribution in [3.05, 3.63) is 64.7 Å². The number of nitrogens with one attached hydrogen (secondary N) is 1. The highest BCUT2D eigenvalue weighted by Gasteiger charge is 2.17. The maximum Gasteiger partial charge on any atom is 0.0374 e. The van der Waals surface area contributed by atoms with Gasteiger partial charge in [-0.25, -0.2) is 0 Å². The van der Waals surface area contributed by atoms with Gasteiger partial charge in [0.05, 0.1) is 0 Å². The molecule has 2 aromatic rings. The zero-order valence-corrected chi connectivity index (χ0v) is 12.4. The summed E-state index contributed by atoms with van der Waals surface area (Å²) in [5.41, 5.74) is 7.18. The van der Waals surface area contributed by atoms with E-state index in [9.17, 15) is 0 Å². The molecular formula is C19H23N. The largest absolute Gasteiger partial charge is 0.382 e. The predicted molar refractivity (Wildman–Crippen MR) is 86.4 cm³/mol. The first-order valence-corrected chi connectivity index (χ1v) is 7.63. The van der Waals surface area contributed by atoms with Gasteiger partial charge in [-0.05, 0) is 67.9 Å². The molecule has 1 unspecified atom stereocenters. The molecule has 1 aliphatic rings. The molecule has 0 aliphatic carbocycles. The van der Waals surface area contributed by atoms with Gasteiger partial charge in [0, 0.05) is 11.7 Å². The van der Waals surface area contributed by atoms with E-state index in [1.807, 2.05) is 0 Å². The van der Waals surface area contributed by atoms with Gasteiger partial charge < -0.3 is 5.32 Å². The highest BCUT2D eigenvalue weighted by atomic mass is 14.9. The highest BCUT2D eigenvalue weighted by molar-refractivity contribution is 5.53. The Morgan fingerprint density at radius 3 is 2.80 bits per heavy atom. The first-order valence-electron chi connectivity index (χ1n) is 7.63. The van der Waals surface area contributed by atoms with Crippen molar-refractivity contribution in [2.45, 2.75) is 45.6 Å². The fourth-order valence-electron chi connectivity index (χ4n) is 3.13. The van der Waals surface area contributed by atoms with Gasteiger partial charge in [-0.2, -0.15) is 0 Å². The fraction of sp³-hybridized carbons (Fsp3) is 0.368. The third kappa shape index (κ3) is 2.72. The maximum atomic E-state index is 3.70. The van der Waals surface area contributed by atoms with E-state index in [-0.39, 0.29) is 0 Å². The molecule has 0 amide bonds. The summed E-state index contributed by atoms with van der Waals surface area (Å²) in [4.78, 5) is 0. The molecule has 0 bridgehead atoms. The Morgan fingerprint density at radius 1 is 1.05 bits per heavy atom. The van der Waals surface area contributed by atoms with Crippen LogP contribution in [-0.2, 0) is 12.8 Å². The van der Waals surface area contributed by atoms with Gasteiger partial charge in [0.2, 0.25) is 0 Å². The van der Waals surface area contributed by atoms with E-state index in [2.05, 4.69) is 61.6 Å². The van der Waals surface area contributed by atoms with E-state index >= 15 is 0 Å². The Balaban J connectivity index is 1.64. The number of hydrogen-bond acceptors (Lipinski definition) is 1. The number of aryl methyl sites for hydroxylation is 3. The molecule has 3 rings (SSSR count). The molecule has 1 N–H and O–H groups in total. The Bertz CT molecular complexity index is 600. The van der Waals surface area contributed by atoms with E-state index in [1.54, 1.807) is 0 Å². The zero-order valence-electron chi connectivity index (χ0n) is 12.4. The molecule has 20 heavy (non-hydrogen) atoms. The van der Waals surface area contributed by atoms with Crippen molar-refractivity contribution in [1.29, 1.82) is 0 Å². The molecule has 1 heterocycles. The molecule has 1 atom stereocenters. The summed E-state index contributed by atoms with van der Waals surface area (Å²) in [6, 6.07) is 16.0. The third-order valence-electron chi connectivity index (χ3n) is 4.62. The molecule has 0 saturated carbocycles. The van der Waals surface area contributed by atoms with Crippen molar-refractivity contribution in [2.24, 2.45) is 0 Å². The normalized spacial score (nSPS) is 17.4. The molecule has 0 fully saturated rings. The van der Waals surface area contributed by atoms with Crippen LogP contribution in [0.15, 0.2) is 42.5 Å². The quantitative estimate of drug-likeness (QED) is 0.851. The monoisotopic (exact) mass is 265 g/mol. The molecular weight excluding hydrogens is 242 g/mol. The minimum Gasteiger partial charge on any atom is -0.382 e. The Kier molecular flexibility index (Phi) is 3.77. The second kappa shape index (κ2) is 5.70. The van der Waals surface area contributed by atoms with Gasteiger partial charge in [0.25, 0.3) is 0 Å². The minimum absolute atomic E-state index is 0.616. The van der Waals surface area contributed by atoms with Gasteiger partial charge in [-0.3, -0.25) is 0 Å². The van der Waals surface area contributed by atoms with Gasteiger partial charge in [0.15, 0.2) is 0 Å². The van der Waals surface area contributed by atoms with Crippen LogP contribution >= 0.6 is 0 Å². The standard InChI is InChI=1S/C19H23N/c1-14-6-5-8-16(15(14)2)10-12-18-13-11-17-7-3-4-9-19(17)20-18/h3-9,18,20H,10-13H2,1-2H3. The average Bonchev–Trinajstić information content (AvgIpc) is 2.48. The lowest BCUT2D eigenvalue weighted by molar-refractivity contribution is 0.586. The van der Waals surface area contributed by atoms with Crippen molar-refractivity contribution < 1.29 is 0 Å². The first kappa shape index (κ1) is 13.2. The van der Waals surface area contributed by atoms with Crippen molar-refractivity contribution >= 4 is 5.69 Å². The number of fused-ring (bicyclic) bond motifs is 1. The summed E-state index contributed by atoms with van der Waals surface area (Å²) < 4.78 is 0. The highest BCUT2D eigenvalue weighted by Crippen LogP contribution is 2.26. The van der Waals surface area contributed by atoms with Crippen LogP contribution in [0.4, 0.5) is 5.69 Å². The average molecular weight is 265 g/mol. The Morgan fingerprint density at radius 2 is 1.90 bits per heavy atom. The third-order valence-corrected chi connectivity index (χ3v) is 4.62. The number of rotatable bonds is 3.